The van der Waals surface area contributed by atoms with Gasteiger partial charge in [-0.15, -0.1) is 0 Å². The molecule has 1 atom stereocenters. The van der Waals surface area contributed by atoms with Crippen molar-refractivity contribution in [1.29, 1.82) is 0 Å². The molecular weight excluding hydrogens is 362 g/mol. The molecule has 1 N–H and O–H groups in total. The van der Waals surface area contributed by atoms with Gasteiger partial charge in [0.15, 0.2) is 0 Å². The number of hydrogen-bond donors (Lipinski definition) is 1. The van der Waals surface area contributed by atoms with E-state index in [0.717, 1.165) is 42.6 Å². The largest absolute Gasteiger partial charge is 0.495 e. The van der Waals surface area contributed by atoms with Crippen LogP contribution < -0.4 is 14.8 Å². The Morgan fingerprint density at radius 2 is 1.93 bits per heavy atom. The monoisotopic (exact) mass is 391 g/mol. The molecule has 1 fully saturated rings. The fraction of sp³-hybridized carbons (Fsp3) is 0.400. The zero-order valence-electron chi connectivity index (χ0n) is 17.5. The van der Waals surface area contributed by atoms with Crippen LogP contribution in [0.25, 0.3) is 0 Å². The first-order chi connectivity index (χ1) is 14.1. The molecule has 4 nitrogen and oxygen atoms in total. The summed E-state index contributed by atoms with van der Waals surface area (Å²) < 4.78 is 11.1. The first-order valence-electron chi connectivity index (χ1n) is 10.3. The van der Waals surface area contributed by atoms with Crippen LogP contribution in [0.15, 0.2) is 42.5 Å². The molecule has 0 aromatic heterocycles. The Morgan fingerprint density at radius 1 is 1.17 bits per heavy atom. The van der Waals surface area contributed by atoms with Crippen LogP contribution in [0.5, 0.6) is 11.5 Å². The van der Waals surface area contributed by atoms with Gasteiger partial charge in [0.25, 0.3) is 0 Å². The van der Waals surface area contributed by atoms with Crippen molar-refractivity contribution in [2.24, 2.45) is 5.92 Å². The number of rotatable bonds is 8. The van der Waals surface area contributed by atoms with E-state index in [0.29, 0.717) is 12.4 Å². The van der Waals surface area contributed by atoms with Crippen molar-refractivity contribution in [3.63, 3.8) is 0 Å². The molecule has 152 valence electrons. The molecule has 1 saturated carbocycles. The maximum Gasteiger partial charge on any atom is 0.223 e. The Morgan fingerprint density at radius 3 is 2.59 bits per heavy atom. The van der Waals surface area contributed by atoms with Gasteiger partial charge < -0.3 is 14.8 Å². The van der Waals surface area contributed by atoms with Crippen molar-refractivity contribution in [2.45, 2.75) is 45.6 Å². The highest BCUT2D eigenvalue weighted by atomic mass is 16.5. The first kappa shape index (κ1) is 20.8. The van der Waals surface area contributed by atoms with Crippen LogP contribution in [0, 0.1) is 17.8 Å². The van der Waals surface area contributed by atoms with Crippen molar-refractivity contribution in [3.05, 3.63) is 59.2 Å². The van der Waals surface area contributed by atoms with Gasteiger partial charge in [-0.25, -0.2) is 0 Å². The van der Waals surface area contributed by atoms with E-state index in [2.05, 4.69) is 36.2 Å². The standard InChI is InChI=1S/C25H29NO3/c1-4-15-29-23-14-13-21(24(17-23)28-3)10-9-19-5-7-20(8-6-19)16-18(2)26-25(27)22-11-12-22/h5-8,13-14,17-18,22H,4,11-12,15-16H2,1-3H3,(H,26,27). The molecule has 0 radical (unpaired) electrons. The van der Waals surface area contributed by atoms with Crippen LogP contribution >= 0.6 is 0 Å². The SMILES string of the molecule is CCCOc1ccc(C#Cc2ccc(CC(C)NC(=O)C3CC3)cc2)c(OC)c1. The fourth-order valence-electron chi connectivity index (χ4n) is 3.06. The van der Waals surface area contributed by atoms with Crippen molar-refractivity contribution < 1.29 is 14.3 Å². The van der Waals surface area contributed by atoms with E-state index in [1.54, 1.807) is 7.11 Å². The minimum absolute atomic E-state index is 0.137. The normalized spacial score (nSPS) is 13.8. The van der Waals surface area contributed by atoms with E-state index < -0.39 is 0 Å². The molecule has 4 heteroatoms. The molecule has 1 unspecified atom stereocenters. The number of ether oxygens (including phenoxy) is 2. The lowest BCUT2D eigenvalue weighted by Gasteiger charge is -2.13. The summed E-state index contributed by atoms with van der Waals surface area (Å²) >= 11 is 0. The number of amides is 1. The Bertz CT molecular complexity index is 889. The van der Waals surface area contributed by atoms with Crippen LogP contribution in [0.1, 0.15) is 49.8 Å². The van der Waals surface area contributed by atoms with Gasteiger partial charge in [0, 0.05) is 23.6 Å². The number of carbonyl (C=O) groups is 1. The zero-order valence-corrected chi connectivity index (χ0v) is 17.5. The smallest absolute Gasteiger partial charge is 0.223 e. The molecule has 2 aromatic carbocycles. The Hall–Kier alpha value is -2.93. The average molecular weight is 392 g/mol. The molecule has 0 heterocycles. The average Bonchev–Trinajstić information content (AvgIpc) is 3.57. The quantitative estimate of drug-likeness (QED) is 0.681. The van der Waals surface area contributed by atoms with Gasteiger partial charge in [-0.1, -0.05) is 30.9 Å². The van der Waals surface area contributed by atoms with E-state index in [-0.39, 0.29) is 17.9 Å². The van der Waals surface area contributed by atoms with Crippen LogP contribution in [-0.2, 0) is 11.2 Å². The molecule has 1 aliphatic carbocycles. The second kappa shape index (κ2) is 10.0. The summed E-state index contributed by atoms with van der Waals surface area (Å²) in [6.07, 6.45) is 3.85. The van der Waals surface area contributed by atoms with E-state index in [4.69, 9.17) is 9.47 Å². The summed E-state index contributed by atoms with van der Waals surface area (Å²) in [7, 11) is 1.64. The van der Waals surface area contributed by atoms with Gasteiger partial charge >= 0.3 is 0 Å². The summed E-state index contributed by atoms with van der Waals surface area (Å²) in [5.74, 6) is 8.32. The highest BCUT2D eigenvalue weighted by molar-refractivity contribution is 5.81. The number of methoxy groups -OCH3 is 1. The second-order valence-electron chi connectivity index (χ2n) is 7.55. The lowest BCUT2D eigenvalue weighted by Crippen LogP contribution is -2.35. The van der Waals surface area contributed by atoms with Crippen LogP contribution in [0.3, 0.4) is 0 Å². The molecule has 0 saturated heterocycles. The molecule has 1 amide bonds. The van der Waals surface area contributed by atoms with E-state index in [9.17, 15) is 4.79 Å². The van der Waals surface area contributed by atoms with Gasteiger partial charge in [0.1, 0.15) is 11.5 Å². The third kappa shape index (κ3) is 6.29. The maximum absolute atomic E-state index is 11.9. The van der Waals surface area contributed by atoms with Crippen molar-refractivity contribution in [2.75, 3.05) is 13.7 Å². The third-order valence-corrected chi connectivity index (χ3v) is 4.82. The van der Waals surface area contributed by atoms with E-state index >= 15 is 0 Å². The predicted molar refractivity (Wildman–Crippen MR) is 115 cm³/mol. The van der Waals surface area contributed by atoms with Gasteiger partial charge in [-0.3, -0.25) is 4.79 Å². The lowest BCUT2D eigenvalue weighted by atomic mass is 10.0. The highest BCUT2D eigenvalue weighted by Crippen LogP contribution is 2.29. The number of nitrogens with one attached hydrogen (secondary N) is 1. The van der Waals surface area contributed by atoms with Gasteiger partial charge in [0.2, 0.25) is 5.91 Å². The predicted octanol–water partition coefficient (Wildman–Crippen LogP) is 4.34. The molecule has 3 rings (SSSR count). The summed E-state index contributed by atoms with van der Waals surface area (Å²) in [5.41, 5.74) is 2.96. The fourth-order valence-corrected chi connectivity index (χ4v) is 3.06. The van der Waals surface area contributed by atoms with Crippen molar-refractivity contribution in [3.8, 4) is 23.3 Å². The Balaban J connectivity index is 1.61. The second-order valence-corrected chi connectivity index (χ2v) is 7.55. The first-order valence-corrected chi connectivity index (χ1v) is 10.3. The van der Waals surface area contributed by atoms with Gasteiger partial charge in [-0.2, -0.15) is 0 Å². The number of carbonyl (C=O) groups excluding carboxylic acids is 1. The van der Waals surface area contributed by atoms with Gasteiger partial charge in [0.05, 0.1) is 19.3 Å². The molecule has 2 aromatic rings. The van der Waals surface area contributed by atoms with E-state index in [1.165, 1.54) is 5.56 Å². The molecular formula is C25H29NO3. The minimum Gasteiger partial charge on any atom is -0.495 e. The zero-order chi connectivity index (χ0) is 20.6. The number of benzene rings is 2. The molecule has 1 aliphatic rings. The Labute approximate surface area is 173 Å². The summed E-state index contributed by atoms with van der Waals surface area (Å²) in [5, 5.41) is 3.09. The molecule has 0 aliphatic heterocycles. The third-order valence-electron chi connectivity index (χ3n) is 4.82. The minimum atomic E-state index is 0.137. The summed E-state index contributed by atoms with van der Waals surface area (Å²) in [6, 6.07) is 14.0. The summed E-state index contributed by atoms with van der Waals surface area (Å²) in [4.78, 5) is 11.9. The Kier molecular flexibility index (Phi) is 7.19. The molecule has 29 heavy (non-hydrogen) atoms. The van der Waals surface area contributed by atoms with Crippen LogP contribution in [-0.4, -0.2) is 25.7 Å². The van der Waals surface area contributed by atoms with Crippen LogP contribution in [0.4, 0.5) is 0 Å². The molecule has 0 spiro atoms. The van der Waals surface area contributed by atoms with Crippen molar-refractivity contribution >= 4 is 5.91 Å². The topological polar surface area (TPSA) is 47.6 Å². The van der Waals surface area contributed by atoms with Gasteiger partial charge in [-0.05, 0) is 62.4 Å². The number of hydrogen-bond acceptors (Lipinski definition) is 3. The van der Waals surface area contributed by atoms with E-state index in [1.807, 2.05) is 37.3 Å². The van der Waals surface area contributed by atoms with Crippen LogP contribution in [0.2, 0.25) is 0 Å². The van der Waals surface area contributed by atoms with Crippen molar-refractivity contribution in [1.82, 2.24) is 5.32 Å². The lowest BCUT2D eigenvalue weighted by molar-refractivity contribution is -0.122. The highest BCUT2D eigenvalue weighted by Gasteiger charge is 2.30. The molecule has 0 bridgehead atoms. The maximum atomic E-state index is 11.9. The summed E-state index contributed by atoms with van der Waals surface area (Å²) in [6.45, 7) is 4.81.